The summed E-state index contributed by atoms with van der Waals surface area (Å²) in [7, 11) is 0. The molecular formula is C12H14N4O3. The summed E-state index contributed by atoms with van der Waals surface area (Å²) >= 11 is 0. The molecule has 3 heterocycles. The molecule has 0 N–H and O–H groups in total. The van der Waals surface area contributed by atoms with Crippen LogP contribution >= 0.6 is 0 Å². The lowest BCUT2D eigenvalue weighted by Crippen LogP contribution is -2.13. The van der Waals surface area contributed by atoms with Gasteiger partial charge in [0.1, 0.15) is 12.3 Å². The van der Waals surface area contributed by atoms with Crippen LogP contribution in [0.25, 0.3) is 11.5 Å². The Balaban J connectivity index is 1.53. The van der Waals surface area contributed by atoms with Crippen molar-refractivity contribution in [3.05, 3.63) is 24.2 Å². The molecule has 100 valence electrons. The van der Waals surface area contributed by atoms with Gasteiger partial charge in [-0.25, -0.2) is 0 Å². The van der Waals surface area contributed by atoms with E-state index in [1.807, 2.05) is 0 Å². The van der Waals surface area contributed by atoms with Crippen LogP contribution < -0.4 is 0 Å². The number of hydrogen-bond acceptors (Lipinski definition) is 7. The van der Waals surface area contributed by atoms with E-state index >= 15 is 0 Å². The third kappa shape index (κ3) is 3.12. The summed E-state index contributed by atoms with van der Waals surface area (Å²) in [4.78, 5) is 4.20. The Kier molecular flexibility index (Phi) is 3.75. The molecule has 19 heavy (non-hydrogen) atoms. The summed E-state index contributed by atoms with van der Waals surface area (Å²) in [6.45, 7) is 1.67. The van der Waals surface area contributed by atoms with Gasteiger partial charge in [0, 0.05) is 12.8 Å². The first-order valence-electron chi connectivity index (χ1n) is 6.22. The Hall–Kier alpha value is -1.86. The van der Waals surface area contributed by atoms with Crippen molar-refractivity contribution in [2.75, 3.05) is 13.2 Å². The van der Waals surface area contributed by atoms with Crippen LogP contribution in [0.2, 0.25) is 0 Å². The van der Waals surface area contributed by atoms with E-state index in [2.05, 4.69) is 20.3 Å². The third-order valence-electron chi connectivity index (χ3n) is 2.82. The van der Waals surface area contributed by atoms with E-state index in [1.54, 1.807) is 18.3 Å². The fourth-order valence-electron chi connectivity index (χ4n) is 1.89. The zero-order chi connectivity index (χ0) is 12.9. The molecule has 2 aromatic rings. The van der Waals surface area contributed by atoms with Crippen molar-refractivity contribution in [1.29, 1.82) is 0 Å². The van der Waals surface area contributed by atoms with Gasteiger partial charge in [-0.1, -0.05) is 5.16 Å². The molecule has 1 saturated heterocycles. The third-order valence-corrected chi connectivity index (χ3v) is 2.82. The van der Waals surface area contributed by atoms with Crippen LogP contribution in [0.5, 0.6) is 0 Å². The molecule has 7 heteroatoms. The molecule has 1 aliphatic rings. The average molecular weight is 262 g/mol. The van der Waals surface area contributed by atoms with E-state index in [9.17, 15) is 0 Å². The maximum Gasteiger partial charge on any atom is 0.253 e. The van der Waals surface area contributed by atoms with E-state index in [0.29, 0.717) is 24.0 Å². The molecule has 7 nitrogen and oxygen atoms in total. The minimum Gasteiger partial charge on any atom is -0.376 e. The molecule has 0 saturated carbocycles. The highest BCUT2D eigenvalue weighted by atomic mass is 16.5. The quantitative estimate of drug-likeness (QED) is 0.801. The minimum absolute atomic E-state index is 0.197. The molecule has 1 aliphatic heterocycles. The maximum atomic E-state index is 5.50. The highest BCUT2D eigenvalue weighted by Gasteiger charge is 2.16. The number of hydrogen-bond donors (Lipinski definition) is 0. The first-order chi connectivity index (χ1) is 9.42. The summed E-state index contributed by atoms with van der Waals surface area (Å²) in [5.74, 6) is 0.850. The van der Waals surface area contributed by atoms with Crippen molar-refractivity contribution in [2.45, 2.75) is 25.6 Å². The van der Waals surface area contributed by atoms with E-state index in [-0.39, 0.29) is 12.7 Å². The fourth-order valence-corrected chi connectivity index (χ4v) is 1.89. The molecule has 0 radical (unpaired) electrons. The Morgan fingerprint density at radius 1 is 1.42 bits per heavy atom. The monoisotopic (exact) mass is 262 g/mol. The highest BCUT2D eigenvalue weighted by molar-refractivity contribution is 5.46. The van der Waals surface area contributed by atoms with Gasteiger partial charge in [-0.15, -0.1) is 5.10 Å². The number of nitrogens with zero attached hydrogens (tertiary/aromatic N) is 4. The summed E-state index contributed by atoms with van der Waals surface area (Å²) < 4.78 is 16.0. The molecule has 1 atom stereocenters. The molecule has 0 amide bonds. The molecule has 0 aromatic carbocycles. The molecule has 3 rings (SSSR count). The Morgan fingerprint density at radius 3 is 3.21 bits per heavy atom. The van der Waals surface area contributed by atoms with Crippen LogP contribution in [-0.4, -0.2) is 39.7 Å². The van der Waals surface area contributed by atoms with E-state index in [4.69, 9.17) is 14.0 Å². The molecular weight excluding hydrogens is 248 g/mol. The van der Waals surface area contributed by atoms with Gasteiger partial charge in [0.05, 0.1) is 12.7 Å². The van der Waals surface area contributed by atoms with Gasteiger partial charge in [0.2, 0.25) is 5.82 Å². The molecule has 2 aromatic heterocycles. The van der Waals surface area contributed by atoms with Gasteiger partial charge in [-0.2, -0.15) is 10.1 Å². The van der Waals surface area contributed by atoms with Crippen molar-refractivity contribution in [3.63, 3.8) is 0 Å². The van der Waals surface area contributed by atoms with Crippen molar-refractivity contribution < 1.29 is 14.0 Å². The minimum atomic E-state index is 0.197. The lowest BCUT2D eigenvalue weighted by molar-refractivity contribution is 0.00325. The fraction of sp³-hybridized carbons (Fsp3) is 0.500. The van der Waals surface area contributed by atoms with Crippen LogP contribution in [0, 0.1) is 0 Å². The van der Waals surface area contributed by atoms with E-state index < -0.39 is 0 Å². The Morgan fingerprint density at radius 2 is 2.42 bits per heavy atom. The van der Waals surface area contributed by atoms with Gasteiger partial charge >= 0.3 is 0 Å². The van der Waals surface area contributed by atoms with Crippen LogP contribution in [0.3, 0.4) is 0 Å². The lowest BCUT2D eigenvalue weighted by Gasteiger charge is -2.07. The second kappa shape index (κ2) is 5.85. The average Bonchev–Trinajstić information content (AvgIpc) is 3.11. The van der Waals surface area contributed by atoms with Gasteiger partial charge in [0.15, 0.2) is 0 Å². The molecule has 0 aliphatic carbocycles. The number of aromatic nitrogens is 4. The lowest BCUT2D eigenvalue weighted by atomic mass is 10.2. The first kappa shape index (κ1) is 12.2. The van der Waals surface area contributed by atoms with Crippen molar-refractivity contribution in [1.82, 2.24) is 20.3 Å². The Bertz CT molecular complexity index is 511. The largest absolute Gasteiger partial charge is 0.376 e. The van der Waals surface area contributed by atoms with Crippen molar-refractivity contribution >= 4 is 0 Å². The maximum absolute atomic E-state index is 5.50. The summed E-state index contributed by atoms with van der Waals surface area (Å²) in [6, 6.07) is 3.54. The van der Waals surface area contributed by atoms with E-state index in [0.717, 1.165) is 19.4 Å². The summed E-state index contributed by atoms with van der Waals surface area (Å²) in [6.07, 6.45) is 3.94. The van der Waals surface area contributed by atoms with Crippen LogP contribution in [0.1, 0.15) is 18.7 Å². The topological polar surface area (TPSA) is 83.2 Å². The van der Waals surface area contributed by atoms with Gasteiger partial charge in [-0.3, -0.25) is 0 Å². The van der Waals surface area contributed by atoms with Crippen molar-refractivity contribution in [2.24, 2.45) is 0 Å². The molecule has 0 spiro atoms. The summed E-state index contributed by atoms with van der Waals surface area (Å²) in [5.41, 5.74) is 0.580. The highest BCUT2D eigenvalue weighted by Crippen LogP contribution is 2.14. The Labute approximate surface area is 109 Å². The zero-order valence-corrected chi connectivity index (χ0v) is 10.4. The van der Waals surface area contributed by atoms with Crippen LogP contribution in [-0.2, 0) is 16.1 Å². The standard InChI is InChI=1S/C12H14N4O3/c1-4-10(15-13-5-1)12-14-11(19-16-12)8-17-7-9-3-2-6-18-9/h1,4-5,9H,2-3,6-8H2. The van der Waals surface area contributed by atoms with Gasteiger partial charge < -0.3 is 14.0 Å². The van der Waals surface area contributed by atoms with Crippen molar-refractivity contribution in [3.8, 4) is 11.5 Å². The predicted octanol–water partition coefficient (Wildman–Crippen LogP) is 1.22. The van der Waals surface area contributed by atoms with Gasteiger partial charge in [0.25, 0.3) is 5.89 Å². The SMILES string of the molecule is c1cnnc(-c2noc(COCC3CCCO3)n2)c1. The van der Waals surface area contributed by atoms with Gasteiger partial charge in [-0.05, 0) is 25.0 Å². The first-order valence-corrected chi connectivity index (χ1v) is 6.22. The molecule has 0 bridgehead atoms. The molecule has 1 unspecified atom stereocenters. The van der Waals surface area contributed by atoms with E-state index in [1.165, 1.54) is 0 Å². The normalized spacial score (nSPS) is 18.8. The van der Waals surface area contributed by atoms with Crippen LogP contribution in [0.4, 0.5) is 0 Å². The number of rotatable bonds is 5. The molecule has 1 fully saturated rings. The summed E-state index contributed by atoms with van der Waals surface area (Å²) in [5, 5.41) is 11.5. The second-order valence-electron chi connectivity index (χ2n) is 4.27. The zero-order valence-electron chi connectivity index (χ0n) is 10.4. The predicted molar refractivity (Wildman–Crippen MR) is 64.0 cm³/mol. The number of ether oxygens (including phenoxy) is 2. The van der Waals surface area contributed by atoms with Crippen LogP contribution in [0.15, 0.2) is 22.9 Å². The smallest absolute Gasteiger partial charge is 0.253 e. The second-order valence-corrected chi connectivity index (χ2v) is 4.27.